The van der Waals surface area contributed by atoms with Crippen molar-refractivity contribution in [2.24, 2.45) is 0 Å². The first-order chi connectivity index (χ1) is 20.4. The fourth-order valence-corrected chi connectivity index (χ4v) is 7.53. The first kappa shape index (κ1) is 30.3. The second-order valence-electron chi connectivity index (χ2n) is 11.7. The minimum Gasteiger partial charge on any atom is -0.504 e. The number of carbonyl (C=O) groups is 4. The van der Waals surface area contributed by atoms with Crippen LogP contribution in [0.25, 0.3) is 0 Å². The molecule has 1 aromatic rings. The van der Waals surface area contributed by atoms with E-state index in [1.807, 2.05) is 24.9 Å². The zero-order chi connectivity index (χ0) is 31.5. The Hall–Kier alpha value is -4.21. The third kappa shape index (κ3) is 4.58. The molecule has 1 fully saturated rings. The predicted octanol–water partition coefficient (Wildman–Crippen LogP) is 0.965. The molecule has 2 amide bonds. The van der Waals surface area contributed by atoms with E-state index in [1.165, 1.54) is 21.1 Å². The number of nitriles is 1. The number of phenolic OH excluding ortho intramolecular Hbond substituents is 1. The standard InChI is InChI=1S/C31H37N5O7/c1-13-8-17-9-19-21(11-32)36-20(25(35(19)5)23(17)27(39)29(13)42-6)10-18-24(28(40)30(43-7)14(2)26(18)38)22(36)12-33-31(41)15(3)34-16(4)37/h8,15,19-22,25,39H,9-10,12H2,1-7H3,(H,33,41)(H,34,37)/t15-,19?,20-,21-,22?,25?/m0/s1. The van der Waals surface area contributed by atoms with Crippen molar-refractivity contribution in [1.29, 1.82) is 5.26 Å². The van der Waals surface area contributed by atoms with E-state index in [0.29, 0.717) is 23.3 Å². The fourth-order valence-electron chi connectivity index (χ4n) is 7.53. The summed E-state index contributed by atoms with van der Waals surface area (Å²) in [6, 6.07) is 0.763. The molecule has 0 radical (unpaired) electrons. The van der Waals surface area contributed by atoms with Gasteiger partial charge in [0.25, 0.3) is 0 Å². The maximum Gasteiger partial charge on any atom is 0.242 e. The minimum absolute atomic E-state index is 0.0145. The monoisotopic (exact) mass is 591 g/mol. The summed E-state index contributed by atoms with van der Waals surface area (Å²) in [5, 5.41) is 27.5. The zero-order valence-corrected chi connectivity index (χ0v) is 25.4. The summed E-state index contributed by atoms with van der Waals surface area (Å²) < 4.78 is 10.9. The number of hydrogen-bond donors (Lipinski definition) is 3. The molecular formula is C31H37N5O7. The highest BCUT2D eigenvalue weighted by Gasteiger charge is 2.57. The number of aryl methyl sites for hydroxylation is 1. The van der Waals surface area contributed by atoms with Gasteiger partial charge in [-0.2, -0.15) is 5.26 Å². The Labute approximate surface area is 250 Å². The maximum atomic E-state index is 13.9. The molecule has 4 aliphatic rings. The van der Waals surface area contributed by atoms with Gasteiger partial charge in [0.05, 0.1) is 32.4 Å². The van der Waals surface area contributed by atoms with Crippen LogP contribution >= 0.6 is 0 Å². The molecule has 1 aromatic carbocycles. The number of benzene rings is 1. The zero-order valence-electron chi connectivity index (χ0n) is 25.4. The van der Waals surface area contributed by atoms with E-state index in [1.54, 1.807) is 13.8 Å². The number of piperazine rings is 1. The molecule has 3 N–H and O–H groups in total. The molecule has 0 spiro atoms. The van der Waals surface area contributed by atoms with Crippen LogP contribution < -0.4 is 15.4 Å². The van der Waals surface area contributed by atoms with E-state index in [2.05, 4.69) is 21.6 Å². The van der Waals surface area contributed by atoms with Crippen molar-refractivity contribution in [3.8, 4) is 17.6 Å². The largest absolute Gasteiger partial charge is 0.504 e. The van der Waals surface area contributed by atoms with Crippen molar-refractivity contribution < 1.29 is 33.8 Å². The van der Waals surface area contributed by atoms with Gasteiger partial charge in [0.1, 0.15) is 12.1 Å². The average molecular weight is 592 g/mol. The molecule has 1 aliphatic carbocycles. The van der Waals surface area contributed by atoms with Gasteiger partial charge in [-0.15, -0.1) is 0 Å². The van der Waals surface area contributed by atoms with Crippen LogP contribution in [0, 0.1) is 18.3 Å². The summed E-state index contributed by atoms with van der Waals surface area (Å²) in [6.45, 7) is 6.17. The van der Waals surface area contributed by atoms with Gasteiger partial charge < -0.3 is 25.2 Å². The lowest BCUT2D eigenvalue weighted by atomic mass is 9.69. The predicted molar refractivity (Wildman–Crippen MR) is 154 cm³/mol. The number of nitrogens with one attached hydrogen (secondary N) is 2. The Bertz CT molecular complexity index is 1540. The van der Waals surface area contributed by atoms with Gasteiger partial charge in [-0.1, -0.05) is 6.07 Å². The Morgan fingerprint density at radius 1 is 1.16 bits per heavy atom. The van der Waals surface area contributed by atoms with Gasteiger partial charge in [0.15, 0.2) is 23.0 Å². The first-order valence-corrected chi connectivity index (χ1v) is 14.3. The number of phenols is 1. The molecule has 6 atom stereocenters. The number of carbonyl (C=O) groups excluding carboxylic acids is 4. The Morgan fingerprint density at radius 2 is 1.86 bits per heavy atom. The van der Waals surface area contributed by atoms with Gasteiger partial charge in [0, 0.05) is 47.8 Å². The van der Waals surface area contributed by atoms with Crippen molar-refractivity contribution in [3.05, 3.63) is 45.2 Å². The fraction of sp³-hybridized carbons (Fsp3) is 0.516. The highest BCUT2D eigenvalue weighted by molar-refractivity contribution is 6.25. The van der Waals surface area contributed by atoms with Gasteiger partial charge in [-0.05, 0) is 51.8 Å². The molecule has 3 aliphatic heterocycles. The van der Waals surface area contributed by atoms with Crippen LogP contribution in [0.2, 0.25) is 0 Å². The summed E-state index contributed by atoms with van der Waals surface area (Å²) in [7, 11) is 4.74. The maximum absolute atomic E-state index is 13.9. The molecule has 43 heavy (non-hydrogen) atoms. The molecule has 5 rings (SSSR count). The lowest BCUT2D eigenvalue weighted by molar-refractivity contribution is -0.128. The van der Waals surface area contributed by atoms with Crippen molar-refractivity contribution in [3.63, 3.8) is 0 Å². The summed E-state index contributed by atoms with van der Waals surface area (Å²) in [5.74, 6) is -1.31. The number of ketones is 2. The third-order valence-electron chi connectivity index (χ3n) is 9.35. The van der Waals surface area contributed by atoms with E-state index in [9.17, 15) is 29.5 Å². The van der Waals surface area contributed by atoms with Gasteiger partial charge in [0.2, 0.25) is 17.6 Å². The lowest BCUT2D eigenvalue weighted by Crippen LogP contribution is -2.71. The van der Waals surface area contributed by atoms with Crippen LogP contribution in [-0.2, 0) is 30.3 Å². The van der Waals surface area contributed by atoms with Crippen molar-refractivity contribution in [1.82, 2.24) is 20.4 Å². The number of hydrogen-bond acceptors (Lipinski definition) is 10. The van der Waals surface area contributed by atoms with E-state index < -0.39 is 41.9 Å². The summed E-state index contributed by atoms with van der Waals surface area (Å²) in [5.41, 5.74) is 3.05. The molecule has 0 saturated carbocycles. The van der Waals surface area contributed by atoms with Crippen molar-refractivity contribution >= 4 is 23.4 Å². The topological polar surface area (TPSA) is 161 Å². The van der Waals surface area contributed by atoms with E-state index >= 15 is 0 Å². The second-order valence-corrected chi connectivity index (χ2v) is 11.7. The number of ether oxygens (including phenoxy) is 2. The number of rotatable bonds is 6. The number of fused-ring (bicyclic) bond motifs is 6. The van der Waals surface area contributed by atoms with Crippen molar-refractivity contribution in [2.45, 2.75) is 76.8 Å². The SMILES string of the molecule is COC1=C(C)C(=O)C2=C(C1=O)C(CNC(=O)[C@H](C)NC(C)=O)N1[C@@H](C#N)C3Cc4cc(C)c(OC)c(O)c4C([C@@H]1C2)N3C. The molecule has 0 aromatic heterocycles. The third-order valence-corrected chi connectivity index (χ3v) is 9.35. The normalized spacial score (nSPS) is 27.4. The quantitative estimate of drug-likeness (QED) is 0.407. The first-order valence-electron chi connectivity index (χ1n) is 14.3. The number of Topliss-reactive ketones (excluding diaryl/α,β-unsaturated/α-hetero) is 2. The minimum atomic E-state index is -0.851. The van der Waals surface area contributed by atoms with Crippen LogP contribution in [0.5, 0.6) is 11.5 Å². The Morgan fingerprint density at radius 3 is 2.47 bits per heavy atom. The lowest BCUT2D eigenvalue weighted by Gasteiger charge is -2.60. The smallest absolute Gasteiger partial charge is 0.242 e. The molecule has 3 unspecified atom stereocenters. The van der Waals surface area contributed by atoms with Gasteiger partial charge in [-0.3, -0.25) is 29.0 Å². The Balaban J connectivity index is 1.67. The molecule has 12 heteroatoms. The van der Waals surface area contributed by atoms with Gasteiger partial charge >= 0.3 is 0 Å². The molecule has 1 saturated heterocycles. The summed E-state index contributed by atoms with van der Waals surface area (Å²) >= 11 is 0. The van der Waals surface area contributed by atoms with Crippen LogP contribution in [0.1, 0.15) is 49.9 Å². The molecule has 2 bridgehead atoms. The van der Waals surface area contributed by atoms with Crippen LogP contribution in [0.15, 0.2) is 28.5 Å². The van der Waals surface area contributed by atoms with E-state index in [0.717, 1.165) is 11.1 Å². The van der Waals surface area contributed by atoms with Gasteiger partial charge in [-0.25, -0.2) is 0 Å². The van der Waals surface area contributed by atoms with E-state index in [-0.39, 0.29) is 53.4 Å². The second kappa shape index (κ2) is 11.1. The van der Waals surface area contributed by atoms with Crippen LogP contribution in [-0.4, -0.2) is 96.3 Å². The number of allylic oxidation sites excluding steroid dienone is 2. The summed E-state index contributed by atoms with van der Waals surface area (Å²) in [6.07, 6.45) is 0.609. The number of nitrogens with zero attached hydrogens (tertiary/aromatic N) is 3. The Kier molecular flexibility index (Phi) is 7.83. The molecule has 228 valence electrons. The molecule has 12 nitrogen and oxygen atoms in total. The number of methoxy groups -OCH3 is 2. The molecule has 3 heterocycles. The van der Waals surface area contributed by atoms with Crippen molar-refractivity contribution in [2.75, 3.05) is 27.8 Å². The number of aromatic hydroxyl groups is 1. The highest BCUT2D eigenvalue weighted by atomic mass is 16.5. The average Bonchev–Trinajstić information content (AvgIpc) is 2.95. The summed E-state index contributed by atoms with van der Waals surface area (Å²) in [4.78, 5) is 56.2. The van der Waals surface area contributed by atoms with E-state index in [4.69, 9.17) is 9.47 Å². The highest BCUT2D eigenvalue weighted by Crippen LogP contribution is 2.53. The molecular weight excluding hydrogens is 554 g/mol. The van der Waals surface area contributed by atoms with Crippen LogP contribution in [0.3, 0.4) is 0 Å². The number of likely N-dealkylation sites (N-methyl/N-ethyl adjacent to an activating group) is 1. The number of amides is 2. The van der Waals surface area contributed by atoms with Crippen LogP contribution in [0.4, 0.5) is 0 Å².